The Morgan fingerprint density at radius 3 is 2.75 bits per heavy atom. The molecule has 3 nitrogen and oxygen atoms in total. The van der Waals surface area contributed by atoms with Crippen LogP contribution in [-0.2, 0) is 6.54 Å². The van der Waals surface area contributed by atoms with Gasteiger partial charge in [0, 0.05) is 24.8 Å². The summed E-state index contributed by atoms with van der Waals surface area (Å²) in [6.07, 6.45) is 5.95. The fraction of sp³-hybridized carbons (Fsp3) is 0.615. The lowest BCUT2D eigenvalue weighted by atomic mass is 9.96. The third-order valence-corrected chi connectivity index (χ3v) is 2.85. The highest BCUT2D eigenvalue weighted by molar-refractivity contribution is 5.18. The van der Waals surface area contributed by atoms with Crippen molar-refractivity contribution in [2.24, 2.45) is 0 Å². The number of pyridine rings is 1. The van der Waals surface area contributed by atoms with Crippen LogP contribution in [0.4, 0.5) is 0 Å². The zero-order valence-corrected chi connectivity index (χ0v) is 10.1. The van der Waals surface area contributed by atoms with Gasteiger partial charge in [-0.25, -0.2) is 4.98 Å². The van der Waals surface area contributed by atoms with E-state index in [4.69, 9.17) is 4.74 Å². The van der Waals surface area contributed by atoms with Crippen LogP contribution in [0.5, 0.6) is 5.88 Å². The predicted molar refractivity (Wildman–Crippen MR) is 64.5 cm³/mol. The van der Waals surface area contributed by atoms with E-state index in [1.54, 1.807) is 0 Å². The average molecular weight is 220 g/mol. The van der Waals surface area contributed by atoms with Crippen molar-refractivity contribution in [3.63, 3.8) is 0 Å². The topological polar surface area (TPSA) is 34.1 Å². The first-order valence-corrected chi connectivity index (χ1v) is 6.09. The minimum atomic E-state index is 0.409. The van der Waals surface area contributed by atoms with Crippen LogP contribution in [0.1, 0.15) is 38.7 Å². The first kappa shape index (κ1) is 11.4. The molecular weight excluding hydrogens is 200 g/mol. The maximum absolute atomic E-state index is 5.70. The Balaban J connectivity index is 1.83. The Morgan fingerprint density at radius 2 is 2.25 bits per heavy atom. The molecule has 0 saturated heterocycles. The van der Waals surface area contributed by atoms with E-state index >= 15 is 0 Å². The van der Waals surface area contributed by atoms with E-state index < -0.39 is 0 Å². The maximum atomic E-state index is 5.70. The summed E-state index contributed by atoms with van der Waals surface area (Å²) in [5, 5.41) is 3.36. The SMILES string of the molecule is CC(C)NCc1ccc(OC2CCC2)nc1. The molecule has 1 N–H and O–H groups in total. The second kappa shape index (κ2) is 5.30. The Morgan fingerprint density at radius 1 is 1.44 bits per heavy atom. The van der Waals surface area contributed by atoms with Gasteiger partial charge in [0.2, 0.25) is 5.88 Å². The van der Waals surface area contributed by atoms with Crippen LogP contribution in [0.3, 0.4) is 0 Å². The first-order valence-electron chi connectivity index (χ1n) is 6.09. The molecule has 1 aliphatic rings. The molecular formula is C13H20N2O. The van der Waals surface area contributed by atoms with Crippen molar-refractivity contribution in [3.8, 4) is 5.88 Å². The molecule has 0 aromatic carbocycles. The Labute approximate surface area is 97.2 Å². The fourth-order valence-corrected chi connectivity index (χ4v) is 1.57. The molecule has 88 valence electrons. The molecule has 0 aliphatic heterocycles. The summed E-state index contributed by atoms with van der Waals surface area (Å²) in [5.41, 5.74) is 1.20. The first-order chi connectivity index (χ1) is 7.74. The second-order valence-electron chi connectivity index (χ2n) is 4.71. The predicted octanol–water partition coefficient (Wildman–Crippen LogP) is 2.51. The van der Waals surface area contributed by atoms with Crippen LogP contribution in [-0.4, -0.2) is 17.1 Å². The molecule has 2 rings (SSSR count). The molecule has 1 fully saturated rings. The maximum Gasteiger partial charge on any atom is 0.213 e. The molecule has 1 aliphatic carbocycles. The standard InChI is InChI=1S/C13H20N2O/c1-10(2)14-8-11-6-7-13(15-9-11)16-12-4-3-5-12/h6-7,9-10,12,14H,3-5,8H2,1-2H3. The van der Waals surface area contributed by atoms with Gasteiger partial charge in [-0.2, -0.15) is 0 Å². The second-order valence-corrected chi connectivity index (χ2v) is 4.71. The summed E-state index contributed by atoms with van der Waals surface area (Å²) in [5.74, 6) is 0.762. The summed E-state index contributed by atoms with van der Waals surface area (Å²) < 4.78 is 5.70. The number of aromatic nitrogens is 1. The van der Waals surface area contributed by atoms with E-state index in [1.807, 2.05) is 12.3 Å². The molecule has 3 heteroatoms. The number of nitrogens with one attached hydrogen (secondary N) is 1. The molecule has 0 spiro atoms. The van der Waals surface area contributed by atoms with Crippen molar-refractivity contribution in [1.82, 2.24) is 10.3 Å². The van der Waals surface area contributed by atoms with Crippen LogP contribution >= 0.6 is 0 Å². The summed E-state index contributed by atoms with van der Waals surface area (Å²) in [6.45, 7) is 5.15. The Hall–Kier alpha value is -1.09. The molecule has 0 bridgehead atoms. The highest BCUT2D eigenvalue weighted by atomic mass is 16.5. The minimum Gasteiger partial charge on any atom is -0.474 e. The molecule has 0 radical (unpaired) electrons. The summed E-state index contributed by atoms with van der Waals surface area (Å²) >= 11 is 0. The van der Waals surface area contributed by atoms with Gasteiger partial charge in [-0.15, -0.1) is 0 Å². The number of hydrogen-bond donors (Lipinski definition) is 1. The number of nitrogens with zero attached hydrogens (tertiary/aromatic N) is 1. The molecule has 1 aromatic heterocycles. The Bertz CT molecular complexity index is 317. The largest absolute Gasteiger partial charge is 0.474 e. The molecule has 0 atom stereocenters. The zero-order chi connectivity index (χ0) is 11.4. The van der Waals surface area contributed by atoms with E-state index in [2.05, 4.69) is 30.2 Å². The molecule has 1 heterocycles. The van der Waals surface area contributed by atoms with Crippen LogP contribution < -0.4 is 10.1 Å². The molecule has 1 aromatic rings. The van der Waals surface area contributed by atoms with Crippen molar-refractivity contribution < 1.29 is 4.74 Å². The molecule has 1 saturated carbocycles. The molecule has 0 unspecified atom stereocenters. The summed E-state index contributed by atoms with van der Waals surface area (Å²) in [4.78, 5) is 4.32. The number of hydrogen-bond acceptors (Lipinski definition) is 3. The lowest BCUT2D eigenvalue weighted by Gasteiger charge is -2.25. The molecule has 16 heavy (non-hydrogen) atoms. The smallest absolute Gasteiger partial charge is 0.213 e. The van der Waals surface area contributed by atoms with Gasteiger partial charge in [0.05, 0.1) is 0 Å². The van der Waals surface area contributed by atoms with E-state index in [1.165, 1.54) is 24.8 Å². The fourth-order valence-electron chi connectivity index (χ4n) is 1.57. The van der Waals surface area contributed by atoms with Crippen molar-refractivity contribution >= 4 is 0 Å². The number of ether oxygens (including phenoxy) is 1. The van der Waals surface area contributed by atoms with Gasteiger partial charge < -0.3 is 10.1 Å². The highest BCUT2D eigenvalue weighted by Crippen LogP contribution is 2.23. The molecule has 0 amide bonds. The van der Waals surface area contributed by atoms with Crippen LogP contribution in [0, 0.1) is 0 Å². The zero-order valence-electron chi connectivity index (χ0n) is 10.1. The van der Waals surface area contributed by atoms with Gasteiger partial charge in [-0.05, 0) is 24.8 Å². The van der Waals surface area contributed by atoms with Crippen molar-refractivity contribution in [2.45, 2.75) is 51.8 Å². The van der Waals surface area contributed by atoms with Gasteiger partial charge in [-0.1, -0.05) is 19.9 Å². The van der Waals surface area contributed by atoms with Gasteiger partial charge in [0.1, 0.15) is 6.10 Å². The van der Waals surface area contributed by atoms with Gasteiger partial charge in [0.15, 0.2) is 0 Å². The van der Waals surface area contributed by atoms with E-state index in [0.29, 0.717) is 12.1 Å². The van der Waals surface area contributed by atoms with Crippen LogP contribution in [0.2, 0.25) is 0 Å². The van der Waals surface area contributed by atoms with E-state index in [0.717, 1.165) is 12.4 Å². The van der Waals surface area contributed by atoms with Crippen molar-refractivity contribution in [1.29, 1.82) is 0 Å². The Kier molecular flexibility index (Phi) is 3.78. The van der Waals surface area contributed by atoms with Gasteiger partial charge in [0.25, 0.3) is 0 Å². The van der Waals surface area contributed by atoms with Crippen LogP contribution in [0.25, 0.3) is 0 Å². The van der Waals surface area contributed by atoms with Crippen LogP contribution in [0.15, 0.2) is 18.3 Å². The quantitative estimate of drug-likeness (QED) is 0.828. The van der Waals surface area contributed by atoms with E-state index in [9.17, 15) is 0 Å². The monoisotopic (exact) mass is 220 g/mol. The lowest BCUT2D eigenvalue weighted by molar-refractivity contribution is 0.114. The minimum absolute atomic E-state index is 0.409. The van der Waals surface area contributed by atoms with Gasteiger partial charge >= 0.3 is 0 Å². The van der Waals surface area contributed by atoms with Crippen molar-refractivity contribution in [3.05, 3.63) is 23.9 Å². The van der Waals surface area contributed by atoms with E-state index in [-0.39, 0.29) is 0 Å². The number of rotatable bonds is 5. The summed E-state index contributed by atoms with van der Waals surface area (Å²) in [7, 11) is 0. The summed E-state index contributed by atoms with van der Waals surface area (Å²) in [6, 6.07) is 4.55. The lowest BCUT2D eigenvalue weighted by Crippen LogP contribution is -2.25. The third kappa shape index (κ3) is 3.20. The average Bonchev–Trinajstić information content (AvgIpc) is 2.22. The third-order valence-electron chi connectivity index (χ3n) is 2.85. The van der Waals surface area contributed by atoms with Gasteiger partial charge in [-0.3, -0.25) is 0 Å². The van der Waals surface area contributed by atoms with Crippen molar-refractivity contribution in [2.75, 3.05) is 0 Å². The normalized spacial score (nSPS) is 16.2. The highest BCUT2D eigenvalue weighted by Gasteiger charge is 2.19.